The zero-order valence-electron chi connectivity index (χ0n) is 5.05. The van der Waals surface area contributed by atoms with E-state index in [4.69, 9.17) is 28.9 Å². The van der Waals surface area contributed by atoms with Crippen molar-refractivity contribution in [2.45, 2.75) is 4.84 Å². The summed E-state index contributed by atoms with van der Waals surface area (Å²) in [5.41, 5.74) is 5.12. The topological polar surface area (TPSA) is 43.1 Å². The third kappa shape index (κ3) is 6.96. The Labute approximate surface area is 80.2 Å². The minimum atomic E-state index is -0.915. The Hall–Kier alpha value is 0.850. The van der Waals surface area contributed by atoms with Crippen LogP contribution >= 0.6 is 47.4 Å². The van der Waals surface area contributed by atoms with Crippen molar-refractivity contribution >= 4 is 52.5 Å². The maximum absolute atomic E-state index is 10.5. The van der Waals surface area contributed by atoms with Gasteiger partial charge in [-0.25, -0.2) is 0 Å². The molecule has 2 nitrogen and oxygen atoms in total. The molecule has 0 unspecified atom stereocenters. The molecule has 0 saturated carbocycles. The van der Waals surface area contributed by atoms with E-state index in [0.29, 0.717) is 12.3 Å². The molecule has 6 heteroatoms. The van der Waals surface area contributed by atoms with Crippen LogP contribution < -0.4 is 5.73 Å². The first-order chi connectivity index (χ1) is 4.18. The average Bonchev–Trinajstić information content (AvgIpc) is 1.82. The smallest absolute Gasteiger partial charge is 0.221 e. The number of hydrogen-bond acceptors (Lipinski definition) is 3. The fourth-order valence-corrected chi connectivity index (χ4v) is 1.05. The fourth-order valence-electron chi connectivity index (χ4n) is 0.223. The van der Waals surface area contributed by atoms with E-state index in [-0.39, 0.29) is 17.5 Å². The molecule has 0 aliphatic heterocycles. The molecule has 0 aromatic carbocycles. The van der Waals surface area contributed by atoms with Gasteiger partial charge in [0.1, 0.15) is 0 Å². The molecule has 0 aliphatic carbocycles. The van der Waals surface area contributed by atoms with Crippen LogP contribution in [0.4, 0.5) is 0 Å². The molecule has 0 bridgehead atoms. The van der Waals surface area contributed by atoms with E-state index in [0.717, 1.165) is 11.8 Å². The molecule has 0 radical (unpaired) electrons. The van der Waals surface area contributed by atoms with Gasteiger partial charge in [0.05, 0.1) is 0 Å². The molecule has 0 spiro atoms. The zero-order chi connectivity index (χ0) is 7.28. The third-order valence-electron chi connectivity index (χ3n) is 0.540. The van der Waals surface area contributed by atoms with Crippen molar-refractivity contribution in [1.29, 1.82) is 0 Å². The molecule has 0 rings (SSSR count). The van der Waals surface area contributed by atoms with Crippen LogP contribution in [0.15, 0.2) is 0 Å². The van der Waals surface area contributed by atoms with Gasteiger partial charge in [-0.3, -0.25) is 4.79 Å². The Kier molecular flexibility index (Phi) is 10.7. The molecule has 2 N–H and O–H groups in total. The summed E-state index contributed by atoms with van der Waals surface area (Å²) >= 11 is 11.5. The number of rotatable bonds is 3. The van der Waals surface area contributed by atoms with E-state index in [9.17, 15) is 4.79 Å². The summed E-state index contributed by atoms with van der Waals surface area (Å²) in [4.78, 5) is 9.63. The second kappa shape index (κ2) is 7.95. The summed E-state index contributed by atoms with van der Waals surface area (Å²) < 4.78 is 0. The number of carbonyl (C=O) groups excluding carboxylic acids is 1. The van der Waals surface area contributed by atoms with E-state index < -0.39 is 4.84 Å². The second-order valence-corrected chi connectivity index (χ2v) is 3.45. The summed E-state index contributed by atoms with van der Waals surface area (Å²) in [6.45, 7) is 0.469. The number of alkyl halides is 2. The van der Waals surface area contributed by atoms with Crippen LogP contribution in [0.2, 0.25) is 0 Å². The Bertz CT molecular complexity index is 101. The number of nitrogens with two attached hydrogens (primary N) is 1. The number of carbonyl (C=O) groups is 1. The monoisotopic (exact) mass is 223 g/mol. The van der Waals surface area contributed by atoms with Gasteiger partial charge in [0.25, 0.3) is 0 Å². The van der Waals surface area contributed by atoms with Gasteiger partial charge < -0.3 is 5.73 Å². The van der Waals surface area contributed by atoms with Gasteiger partial charge in [-0.05, 0) is 0 Å². The van der Waals surface area contributed by atoms with Crippen LogP contribution in [0, 0.1) is 0 Å². The Morgan fingerprint density at radius 1 is 1.60 bits per heavy atom. The molecular weight excluding hydrogens is 216 g/mol. The van der Waals surface area contributed by atoms with Crippen molar-refractivity contribution in [2.75, 3.05) is 12.3 Å². The normalized spacial score (nSPS) is 9.20. The van der Waals surface area contributed by atoms with Crippen molar-refractivity contribution in [3.05, 3.63) is 0 Å². The fraction of sp³-hybridized carbons (Fsp3) is 0.750. The van der Waals surface area contributed by atoms with Crippen molar-refractivity contribution in [3.8, 4) is 0 Å². The third-order valence-corrected chi connectivity index (χ3v) is 2.16. The van der Waals surface area contributed by atoms with E-state index in [2.05, 4.69) is 0 Å². The van der Waals surface area contributed by atoms with Crippen LogP contribution in [0.5, 0.6) is 0 Å². The van der Waals surface area contributed by atoms with E-state index in [1.807, 2.05) is 0 Å². The lowest BCUT2D eigenvalue weighted by Crippen LogP contribution is -2.08. The van der Waals surface area contributed by atoms with Crippen molar-refractivity contribution in [2.24, 2.45) is 5.73 Å². The quantitative estimate of drug-likeness (QED) is 0.738. The van der Waals surface area contributed by atoms with Crippen LogP contribution in [0.3, 0.4) is 0 Å². The van der Waals surface area contributed by atoms with Crippen LogP contribution in [-0.4, -0.2) is 22.2 Å². The number of hydrogen-bond donors (Lipinski definition) is 1. The maximum atomic E-state index is 10.5. The maximum Gasteiger partial charge on any atom is 0.221 e. The highest BCUT2D eigenvalue weighted by Crippen LogP contribution is 2.12. The van der Waals surface area contributed by atoms with Crippen LogP contribution in [0.1, 0.15) is 0 Å². The highest BCUT2D eigenvalue weighted by Gasteiger charge is 2.10. The minimum Gasteiger partial charge on any atom is -0.330 e. The minimum absolute atomic E-state index is 0. The van der Waals surface area contributed by atoms with Gasteiger partial charge >= 0.3 is 0 Å². The van der Waals surface area contributed by atoms with Gasteiger partial charge in [-0.2, -0.15) is 0 Å². The number of thioether (sulfide) groups is 1. The van der Waals surface area contributed by atoms with Crippen LogP contribution in [0.25, 0.3) is 0 Å². The Balaban J connectivity index is 0. The first-order valence-electron chi connectivity index (χ1n) is 2.33. The van der Waals surface area contributed by atoms with Gasteiger partial charge in [0.2, 0.25) is 5.12 Å². The molecule has 0 aromatic rings. The van der Waals surface area contributed by atoms with E-state index >= 15 is 0 Å². The summed E-state index contributed by atoms with van der Waals surface area (Å²) in [6.07, 6.45) is 0. The van der Waals surface area contributed by atoms with Crippen molar-refractivity contribution < 1.29 is 4.79 Å². The summed E-state index contributed by atoms with van der Waals surface area (Å²) in [5, 5.41) is -0.233. The molecule has 0 fully saturated rings. The molecular formula is C4H8Cl3NOS. The SMILES string of the molecule is Cl.NCCSC(=O)C(Cl)Cl. The Morgan fingerprint density at radius 3 is 2.40 bits per heavy atom. The first-order valence-corrected chi connectivity index (χ1v) is 4.19. The molecule has 0 heterocycles. The van der Waals surface area contributed by atoms with Gasteiger partial charge in [0.15, 0.2) is 4.84 Å². The lowest BCUT2D eigenvalue weighted by molar-refractivity contribution is -0.109. The van der Waals surface area contributed by atoms with Crippen LogP contribution in [-0.2, 0) is 4.79 Å². The molecule has 62 valence electrons. The standard InChI is InChI=1S/C4H7Cl2NOS.ClH/c5-3(6)4(8)9-2-1-7;/h3H,1-2,7H2;1H. The molecule has 0 aliphatic rings. The molecule has 0 atom stereocenters. The number of halogens is 3. The second-order valence-electron chi connectivity index (χ2n) is 1.26. The first kappa shape index (κ1) is 13.4. The van der Waals surface area contributed by atoms with Crippen molar-refractivity contribution in [3.63, 3.8) is 0 Å². The zero-order valence-corrected chi connectivity index (χ0v) is 8.19. The largest absolute Gasteiger partial charge is 0.330 e. The summed E-state index contributed by atoms with van der Waals surface area (Å²) in [6, 6.07) is 0. The molecule has 0 amide bonds. The summed E-state index contributed by atoms with van der Waals surface area (Å²) in [7, 11) is 0. The average molecular weight is 225 g/mol. The van der Waals surface area contributed by atoms with Gasteiger partial charge in [-0.15, -0.1) is 12.4 Å². The predicted octanol–water partition coefficient (Wildman–Crippen LogP) is 1.43. The highest BCUT2D eigenvalue weighted by molar-refractivity contribution is 8.14. The van der Waals surface area contributed by atoms with E-state index in [1.54, 1.807) is 0 Å². The van der Waals surface area contributed by atoms with E-state index in [1.165, 1.54) is 0 Å². The molecule has 0 saturated heterocycles. The van der Waals surface area contributed by atoms with Crippen molar-refractivity contribution in [1.82, 2.24) is 0 Å². The Morgan fingerprint density at radius 2 is 2.10 bits per heavy atom. The molecule has 10 heavy (non-hydrogen) atoms. The lowest BCUT2D eigenvalue weighted by atomic mass is 10.8. The predicted molar refractivity (Wildman–Crippen MR) is 49.3 cm³/mol. The van der Waals surface area contributed by atoms with Gasteiger partial charge in [-0.1, -0.05) is 35.0 Å². The lowest BCUT2D eigenvalue weighted by Gasteiger charge is -1.96. The molecule has 0 aromatic heterocycles. The summed E-state index contributed by atoms with van der Waals surface area (Å²) in [5.74, 6) is 0.578. The van der Waals surface area contributed by atoms with Gasteiger partial charge in [0, 0.05) is 12.3 Å². The highest BCUT2D eigenvalue weighted by atomic mass is 35.5.